The average Bonchev–Trinajstić information content (AvgIpc) is 2.58. The van der Waals surface area contributed by atoms with Gasteiger partial charge in [-0.15, -0.1) is 0 Å². The molecule has 0 heterocycles. The van der Waals surface area contributed by atoms with Gasteiger partial charge in [-0.25, -0.2) is 0 Å². The predicted molar refractivity (Wildman–Crippen MR) is 102 cm³/mol. The summed E-state index contributed by atoms with van der Waals surface area (Å²) in [6, 6.07) is 11.2. The van der Waals surface area contributed by atoms with E-state index in [-0.39, 0.29) is 19.6 Å². The third-order valence-corrected chi connectivity index (χ3v) is 3.98. The Hall–Kier alpha value is -2.53. The molecule has 26 heavy (non-hydrogen) atoms. The summed E-state index contributed by atoms with van der Waals surface area (Å²) in [7, 11) is 0. The third-order valence-electron chi connectivity index (χ3n) is 3.67. The van der Waals surface area contributed by atoms with Gasteiger partial charge in [0.25, 0.3) is 5.91 Å². The van der Waals surface area contributed by atoms with E-state index in [0.717, 1.165) is 22.4 Å². The first-order valence-corrected chi connectivity index (χ1v) is 8.64. The van der Waals surface area contributed by atoms with E-state index in [0.29, 0.717) is 10.7 Å². The minimum Gasteiger partial charge on any atom is -0.493 e. The highest BCUT2D eigenvalue weighted by Crippen LogP contribution is 2.22. The van der Waals surface area contributed by atoms with Gasteiger partial charge in [-0.1, -0.05) is 29.8 Å². The quantitative estimate of drug-likeness (QED) is 0.736. The standard InChI is InChI=1S/C20H22ClNO4/c1-13-5-7-17(16(21)10-13)22-19(23)12-26-20(24)8-9-25-18-11-14(2)4-6-15(18)3/h4-7,10-11H,8-9,12H2,1-3H3,(H,22,23). The molecular weight excluding hydrogens is 354 g/mol. The number of carbonyl (C=O) groups excluding carboxylic acids is 2. The molecule has 0 atom stereocenters. The predicted octanol–water partition coefficient (Wildman–Crippen LogP) is 4.22. The number of aryl methyl sites for hydroxylation is 3. The summed E-state index contributed by atoms with van der Waals surface area (Å²) in [5.74, 6) is -0.204. The lowest BCUT2D eigenvalue weighted by Crippen LogP contribution is -2.21. The monoisotopic (exact) mass is 375 g/mol. The molecule has 0 bridgehead atoms. The number of benzene rings is 2. The Labute approximate surface area is 158 Å². The number of anilines is 1. The maximum absolute atomic E-state index is 11.9. The van der Waals surface area contributed by atoms with Crippen LogP contribution in [-0.2, 0) is 14.3 Å². The van der Waals surface area contributed by atoms with Crippen LogP contribution >= 0.6 is 11.6 Å². The first-order chi connectivity index (χ1) is 12.3. The van der Waals surface area contributed by atoms with Crippen molar-refractivity contribution in [1.29, 1.82) is 0 Å². The Morgan fingerprint density at radius 2 is 1.73 bits per heavy atom. The van der Waals surface area contributed by atoms with E-state index >= 15 is 0 Å². The highest BCUT2D eigenvalue weighted by atomic mass is 35.5. The van der Waals surface area contributed by atoms with Crippen LogP contribution in [0.1, 0.15) is 23.1 Å². The van der Waals surface area contributed by atoms with Crippen LogP contribution < -0.4 is 10.1 Å². The van der Waals surface area contributed by atoms with E-state index in [1.807, 2.05) is 45.0 Å². The van der Waals surface area contributed by atoms with Gasteiger partial charge in [-0.3, -0.25) is 9.59 Å². The molecule has 0 radical (unpaired) electrons. The van der Waals surface area contributed by atoms with Crippen LogP contribution in [0, 0.1) is 20.8 Å². The van der Waals surface area contributed by atoms with Crippen LogP contribution in [0.25, 0.3) is 0 Å². The van der Waals surface area contributed by atoms with Crippen molar-refractivity contribution in [2.24, 2.45) is 0 Å². The van der Waals surface area contributed by atoms with Gasteiger partial charge in [0.05, 0.1) is 23.7 Å². The number of hydrogen-bond acceptors (Lipinski definition) is 4. The van der Waals surface area contributed by atoms with Crippen LogP contribution in [0.4, 0.5) is 5.69 Å². The molecule has 1 N–H and O–H groups in total. The molecule has 0 aliphatic rings. The molecule has 0 unspecified atom stereocenters. The molecule has 0 aliphatic heterocycles. The van der Waals surface area contributed by atoms with E-state index in [2.05, 4.69) is 5.32 Å². The minimum atomic E-state index is -0.500. The van der Waals surface area contributed by atoms with Gasteiger partial charge in [0.15, 0.2) is 6.61 Å². The Kier molecular flexibility index (Phi) is 7.04. The van der Waals surface area contributed by atoms with E-state index < -0.39 is 11.9 Å². The van der Waals surface area contributed by atoms with Gasteiger partial charge in [0.1, 0.15) is 5.75 Å². The zero-order chi connectivity index (χ0) is 19.1. The van der Waals surface area contributed by atoms with Crippen molar-refractivity contribution in [3.05, 3.63) is 58.1 Å². The highest BCUT2D eigenvalue weighted by molar-refractivity contribution is 6.33. The molecule has 2 aromatic carbocycles. The van der Waals surface area contributed by atoms with Gasteiger partial charge in [0.2, 0.25) is 0 Å². The zero-order valence-corrected chi connectivity index (χ0v) is 15.9. The summed E-state index contributed by atoms with van der Waals surface area (Å²) >= 11 is 6.05. The largest absolute Gasteiger partial charge is 0.493 e. The number of ether oxygens (including phenoxy) is 2. The summed E-state index contributed by atoms with van der Waals surface area (Å²) in [4.78, 5) is 23.6. The summed E-state index contributed by atoms with van der Waals surface area (Å²) < 4.78 is 10.6. The summed E-state index contributed by atoms with van der Waals surface area (Å²) in [6.45, 7) is 5.63. The number of amides is 1. The van der Waals surface area contributed by atoms with Crippen LogP contribution in [0.3, 0.4) is 0 Å². The Morgan fingerprint density at radius 3 is 2.46 bits per heavy atom. The number of halogens is 1. The van der Waals surface area contributed by atoms with Crippen molar-refractivity contribution >= 4 is 29.2 Å². The second kappa shape index (κ2) is 9.25. The molecule has 0 saturated heterocycles. The highest BCUT2D eigenvalue weighted by Gasteiger charge is 2.10. The lowest BCUT2D eigenvalue weighted by atomic mass is 10.1. The SMILES string of the molecule is Cc1ccc(NC(=O)COC(=O)CCOc2cc(C)ccc2C)c(Cl)c1. The fourth-order valence-corrected chi connectivity index (χ4v) is 2.52. The van der Waals surface area contributed by atoms with Gasteiger partial charge in [-0.2, -0.15) is 0 Å². The molecule has 2 rings (SSSR count). The smallest absolute Gasteiger partial charge is 0.309 e. The van der Waals surface area contributed by atoms with Crippen molar-refractivity contribution in [2.75, 3.05) is 18.5 Å². The fraction of sp³-hybridized carbons (Fsp3) is 0.300. The summed E-state index contributed by atoms with van der Waals surface area (Å²) in [5, 5.41) is 3.05. The van der Waals surface area contributed by atoms with E-state index in [1.165, 1.54) is 0 Å². The Bertz CT molecular complexity index is 804. The zero-order valence-electron chi connectivity index (χ0n) is 15.1. The second-order valence-corrected chi connectivity index (χ2v) is 6.47. The van der Waals surface area contributed by atoms with Crippen LogP contribution in [0.5, 0.6) is 5.75 Å². The molecule has 0 saturated carbocycles. The van der Waals surface area contributed by atoms with Crippen molar-refractivity contribution in [3.8, 4) is 5.75 Å². The first-order valence-electron chi connectivity index (χ1n) is 8.27. The summed E-state index contributed by atoms with van der Waals surface area (Å²) in [6.07, 6.45) is 0.0615. The van der Waals surface area contributed by atoms with Crippen molar-refractivity contribution in [1.82, 2.24) is 0 Å². The molecule has 0 fully saturated rings. The van der Waals surface area contributed by atoms with Crippen LogP contribution in [-0.4, -0.2) is 25.1 Å². The number of esters is 1. The Balaban J connectivity index is 1.72. The van der Waals surface area contributed by atoms with E-state index in [9.17, 15) is 9.59 Å². The van der Waals surface area contributed by atoms with Crippen LogP contribution in [0.2, 0.25) is 5.02 Å². The molecule has 0 aliphatic carbocycles. The van der Waals surface area contributed by atoms with Gasteiger partial charge in [0, 0.05) is 0 Å². The number of rotatable bonds is 7. The number of hydrogen-bond donors (Lipinski definition) is 1. The molecule has 2 aromatic rings. The summed E-state index contributed by atoms with van der Waals surface area (Å²) in [5.41, 5.74) is 3.55. The number of carbonyl (C=O) groups is 2. The molecule has 1 amide bonds. The van der Waals surface area contributed by atoms with Gasteiger partial charge in [-0.05, 0) is 55.7 Å². The number of nitrogens with one attached hydrogen (secondary N) is 1. The van der Waals surface area contributed by atoms with E-state index in [4.69, 9.17) is 21.1 Å². The van der Waals surface area contributed by atoms with Crippen molar-refractivity contribution < 1.29 is 19.1 Å². The van der Waals surface area contributed by atoms with Gasteiger partial charge < -0.3 is 14.8 Å². The maximum Gasteiger partial charge on any atom is 0.309 e. The van der Waals surface area contributed by atoms with Crippen molar-refractivity contribution in [3.63, 3.8) is 0 Å². The molecule has 138 valence electrons. The lowest BCUT2D eigenvalue weighted by Gasteiger charge is -2.10. The molecule has 0 aromatic heterocycles. The van der Waals surface area contributed by atoms with Gasteiger partial charge >= 0.3 is 5.97 Å². The third kappa shape index (κ3) is 6.08. The lowest BCUT2D eigenvalue weighted by molar-refractivity contribution is -0.147. The molecule has 6 heteroatoms. The maximum atomic E-state index is 11.9. The Morgan fingerprint density at radius 1 is 1.04 bits per heavy atom. The molecular formula is C20H22ClNO4. The fourth-order valence-electron chi connectivity index (χ4n) is 2.23. The molecule has 0 spiro atoms. The molecule has 5 nitrogen and oxygen atoms in total. The van der Waals surface area contributed by atoms with E-state index in [1.54, 1.807) is 12.1 Å². The minimum absolute atomic E-state index is 0.0615. The second-order valence-electron chi connectivity index (χ2n) is 6.06. The topological polar surface area (TPSA) is 64.6 Å². The van der Waals surface area contributed by atoms with Crippen molar-refractivity contribution in [2.45, 2.75) is 27.2 Å². The van der Waals surface area contributed by atoms with Crippen LogP contribution in [0.15, 0.2) is 36.4 Å². The average molecular weight is 376 g/mol. The first kappa shape index (κ1) is 19.8. The normalized spacial score (nSPS) is 10.3.